The third-order valence-corrected chi connectivity index (χ3v) is 2.36. The van der Waals surface area contributed by atoms with Crippen molar-refractivity contribution in [2.75, 3.05) is 26.2 Å². The smallest absolute Gasteiger partial charge is 0.191 e. The summed E-state index contributed by atoms with van der Waals surface area (Å²) in [5.74, 6) is 0.912. The highest BCUT2D eigenvalue weighted by Gasteiger charge is 2.14. The summed E-state index contributed by atoms with van der Waals surface area (Å²) in [6.45, 7) is 7.78. The molecule has 0 amide bonds. The maximum absolute atomic E-state index is 5.52. The number of hydrogen-bond donors (Lipinski definition) is 2. The van der Waals surface area contributed by atoms with E-state index in [0.717, 1.165) is 45.0 Å². The molecule has 1 aliphatic rings. The van der Waals surface area contributed by atoms with E-state index in [-0.39, 0.29) is 24.0 Å². The predicted octanol–water partition coefficient (Wildman–Crippen LogP) is 1.75. The van der Waals surface area contributed by atoms with Crippen molar-refractivity contribution < 1.29 is 4.74 Å². The maximum atomic E-state index is 5.52. The SMILES string of the molecule is CCCNC(=NCC1CCCO1)NCC.I. The Bertz CT molecular complexity index is 194. The molecular formula is C11H24IN3O. The lowest BCUT2D eigenvalue weighted by atomic mass is 10.2. The lowest BCUT2D eigenvalue weighted by Gasteiger charge is -2.11. The van der Waals surface area contributed by atoms with E-state index in [4.69, 9.17) is 4.74 Å². The number of ether oxygens (including phenoxy) is 1. The average Bonchev–Trinajstić information content (AvgIpc) is 2.75. The average molecular weight is 341 g/mol. The van der Waals surface area contributed by atoms with E-state index >= 15 is 0 Å². The number of rotatable bonds is 5. The Morgan fingerprint density at radius 2 is 2.19 bits per heavy atom. The normalized spacial score (nSPS) is 20.4. The fourth-order valence-electron chi connectivity index (χ4n) is 1.57. The predicted molar refractivity (Wildman–Crippen MR) is 78.7 cm³/mol. The first-order valence-electron chi connectivity index (χ1n) is 6.00. The summed E-state index contributed by atoms with van der Waals surface area (Å²) in [4.78, 5) is 4.50. The molecule has 0 aromatic rings. The van der Waals surface area contributed by atoms with Gasteiger partial charge in [0.25, 0.3) is 0 Å². The topological polar surface area (TPSA) is 45.7 Å². The molecule has 16 heavy (non-hydrogen) atoms. The van der Waals surface area contributed by atoms with Gasteiger partial charge < -0.3 is 15.4 Å². The van der Waals surface area contributed by atoms with Crippen LogP contribution in [0.3, 0.4) is 0 Å². The summed E-state index contributed by atoms with van der Waals surface area (Å²) in [6.07, 6.45) is 3.78. The van der Waals surface area contributed by atoms with E-state index in [1.807, 2.05) is 0 Å². The summed E-state index contributed by atoms with van der Waals surface area (Å²) in [7, 11) is 0. The zero-order valence-electron chi connectivity index (χ0n) is 10.3. The first-order chi connectivity index (χ1) is 7.36. The van der Waals surface area contributed by atoms with Crippen molar-refractivity contribution in [3.8, 4) is 0 Å². The molecular weight excluding hydrogens is 317 g/mol. The van der Waals surface area contributed by atoms with Crippen LogP contribution in [-0.4, -0.2) is 38.3 Å². The summed E-state index contributed by atoms with van der Waals surface area (Å²) < 4.78 is 5.52. The highest BCUT2D eigenvalue weighted by molar-refractivity contribution is 14.0. The van der Waals surface area contributed by atoms with Gasteiger partial charge in [-0.15, -0.1) is 24.0 Å². The molecule has 96 valence electrons. The molecule has 1 fully saturated rings. The Balaban J connectivity index is 0.00000225. The number of guanidine groups is 1. The van der Waals surface area contributed by atoms with Crippen LogP contribution in [0.25, 0.3) is 0 Å². The van der Waals surface area contributed by atoms with Crippen molar-refractivity contribution in [1.82, 2.24) is 10.6 Å². The number of nitrogens with zero attached hydrogens (tertiary/aromatic N) is 1. The quantitative estimate of drug-likeness (QED) is 0.455. The van der Waals surface area contributed by atoms with Crippen LogP contribution < -0.4 is 10.6 Å². The van der Waals surface area contributed by atoms with Crippen molar-refractivity contribution in [1.29, 1.82) is 0 Å². The Morgan fingerprint density at radius 1 is 1.38 bits per heavy atom. The molecule has 1 rings (SSSR count). The first-order valence-corrected chi connectivity index (χ1v) is 6.00. The molecule has 0 aliphatic carbocycles. The summed E-state index contributed by atoms with van der Waals surface area (Å²) in [5, 5.41) is 6.50. The van der Waals surface area contributed by atoms with Gasteiger partial charge in [-0.3, -0.25) is 4.99 Å². The van der Waals surface area contributed by atoms with E-state index < -0.39 is 0 Å². The number of nitrogens with one attached hydrogen (secondary N) is 2. The molecule has 5 heteroatoms. The lowest BCUT2D eigenvalue weighted by Crippen LogP contribution is -2.38. The van der Waals surface area contributed by atoms with Crippen LogP contribution >= 0.6 is 24.0 Å². The van der Waals surface area contributed by atoms with E-state index in [0.29, 0.717) is 6.10 Å². The van der Waals surface area contributed by atoms with Gasteiger partial charge in [0.2, 0.25) is 0 Å². The minimum absolute atomic E-state index is 0. The molecule has 4 nitrogen and oxygen atoms in total. The molecule has 0 aromatic carbocycles. The second kappa shape index (κ2) is 10.1. The molecule has 0 spiro atoms. The van der Waals surface area contributed by atoms with Gasteiger partial charge >= 0.3 is 0 Å². The largest absolute Gasteiger partial charge is 0.376 e. The Hall–Kier alpha value is -0.0400. The highest BCUT2D eigenvalue weighted by atomic mass is 127. The molecule has 1 saturated heterocycles. The zero-order valence-corrected chi connectivity index (χ0v) is 12.6. The molecule has 0 saturated carbocycles. The second-order valence-electron chi connectivity index (χ2n) is 3.78. The molecule has 1 heterocycles. The van der Waals surface area contributed by atoms with Gasteiger partial charge in [0.05, 0.1) is 12.6 Å². The second-order valence-corrected chi connectivity index (χ2v) is 3.78. The summed E-state index contributed by atoms with van der Waals surface area (Å²) in [5.41, 5.74) is 0. The van der Waals surface area contributed by atoms with E-state index in [9.17, 15) is 0 Å². The standard InChI is InChI=1S/C11H23N3O.HI/c1-3-7-13-11(12-4-2)14-9-10-6-5-8-15-10;/h10H,3-9H2,1-2H3,(H2,12,13,14);1H. The Kier molecular flexibility index (Phi) is 10.1. The number of hydrogen-bond acceptors (Lipinski definition) is 2. The van der Waals surface area contributed by atoms with Gasteiger partial charge in [-0.2, -0.15) is 0 Å². The zero-order chi connectivity index (χ0) is 10.9. The van der Waals surface area contributed by atoms with Crippen molar-refractivity contribution >= 4 is 29.9 Å². The van der Waals surface area contributed by atoms with Gasteiger partial charge in [-0.05, 0) is 26.2 Å². The number of aliphatic imine (C=N–C) groups is 1. The van der Waals surface area contributed by atoms with E-state index in [2.05, 4.69) is 29.5 Å². The molecule has 2 N–H and O–H groups in total. The lowest BCUT2D eigenvalue weighted by molar-refractivity contribution is 0.117. The number of halogens is 1. The third kappa shape index (κ3) is 6.52. The van der Waals surface area contributed by atoms with Crippen molar-refractivity contribution in [2.45, 2.75) is 39.2 Å². The van der Waals surface area contributed by atoms with Crippen molar-refractivity contribution in [3.63, 3.8) is 0 Å². The minimum atomic E-state index is 0. The van der Waals surface area contributed by atoms with Gasteiger partial charge in [0.1, 0.15) is 0 Å². The molecule has 1 aliphatic heterocycles. The fraction of sp³-hybridized carbons (Fsp3) is 0.909. The molecule has 0 bridgehead atoms. The van der Waals surface area contributed by atoms with Crippen LogP contribution in [0.2, 0.25) is 0 Å². The Morgan fingerprint density at radius 3 is 2.75 bits per heavy atom. The molecule has 1 atom stereocenters. The maximum Gasteiger partial charge on any atom is 0.191 e. The van der Waals surface area contributed by atoms with Gasteiger partial charge in [0.15, 0.2) is 5.96 Å². The first kappa shape index (κ1) is 16.0. The van der Waals surface area contributed by atoms with E-state index in [1.165, 1.54) is 6.42 Å². The summed E-state index contributed by atoms with van der Waals surface area (Å²) >= 11 is 0. The van der Waals surface area contributed by atoms with Gasteiger partial charge in [-0.25, -0.2) is 0 Å². The summed E-state index contributed by atoms with van der Waals surface area (Å²) in [6, 6.07) is 0. The molecule has 1 unspecified atom stereocenters. The van der Waals surface area contributed by atoms with E-state index in [1.54, 1.807) is 0 Å². The monoisotopic (exact) mass is 341 g/mol. The minimum Gasteiger partial charge on any atom is -0.376 e. The van der Waals surface area contributed by atoms with Gasteiger partial charge in [-0.1, -0.05) is 6.92 Å². The van der Waals surface area contributed by atoms with Crippen LogP contribution in [0.4, 0.5) is 0 Å². The van der Waals surface area contributed by atoms with Crippen LogP contribution in [0.5, 0.6) is 0 Å². The third-order valence-electron chi connectivity index (χ3n) is 2.36. The van der Waals surface area contributed by atoms with Crippen LogP contribution in [0.15, 0.2) is 4.99 Å². The fourth-order valence-corrected chi connectivity index (χ4v) is 1.57. The van der Waals surface area contributed by atoms with Gasteiger partial charge in [0, 0.05) is 19.7 Å². The van der Waals surface area contributed by atoms with Crippen LogP contribution in [0, 0.1) is 0 Å². The van der Waals surface area contributed by atoms with Crippen molar-refractivity contribution in [2.24, 2.45) is 4.99 Å². The highest BCUT2D eigenvalue weighted by Crippen LogP contribution is 2.11. The van der Waals surface area contributed by atoms with Crippen LogP contribution in [-0.2, 0) is 4.74 Å². The molecule has 0 aromatic heterocycles. The van der Waals surface area contributed by atoms with Crippen LogP contribution in [0.1, 0.15) is 33.1 Å². The molecule has 0 radical (unpaired) electrons. The Labute approximate surface area is 116 Å². The van der Waals surface area contributed by atoms with Crippen molar-refractivity contribution in [3.05, 3.63) is 0 Å².